The second-order valence-electron chi connectivity index (χ2n) is 27.2. The van der Waals surface area contributed by atoms with Crippen LogP contribution in [0.15, 0.2) is 0 Å². The van der Waals surface area contributed by atoms with E-state index in [0.29, 0.717) is 25.7 Å². The molecule has 19 heteroatoms. The molecule has 0 fully saturated rings. The first-order valence-corrected chi connectivity index (χ1v) is 41.6. The van der Waals surface area contributed by atoms with Crippen LogP contribution in [0.5, 0.6) is 0 Å². The van der Waals surface area contributed by atoms with Gasteiger partial charge in [-0.15, -0.1) is 0 Å². The monoisotopic (exact) mass is 1370 g/mol. The molecule has 0 amide bonds. The topological polar surface area (TPSA) is 237 Å². The van der Waals surface area contributed by atoms with E-state index in [-0.39, 0.29) is 25.7 Å². The van der Waals surface area contributed by atoms with Gasteiger partial charge in [-0.2, -0.15) is 0 Å². The van der Waals surface area contributed by atoms with E-state index in [4.69, 9.17) is 37.0 Å². The van der Waals surface area contributed by atoms with E-state index in [1.54, 1.807) is 0 Å². The Labute approximate surface area is 568 Å². The highest BCUT2D eigenvalue weighted by molar-refractivity contribution is 7.47. The third-order valence-corrected chi connectivity index (χ3v) is 19.2. The quantitative estimate of drug-likeness (QED) is 0.0222. The number of hydrogen-bond acceptors (Lipinski definition) is 15. The number of phosphoric acid groups is 2. The van der Waals surface area contributed by atoms with Crippen molar-refractivity contribution in [3.05, 3.63) is 0 Å². The average molecular weight is 1370 g/mol. The highest BCUT2D eigenvalue weighted by Crippen LogP contribution is 2.45. The summed E-state index contributed by atoms with van der Waals surface area (Å²) < 4.78 is 68.4. The van der Waals surface area contributed by atoms with Crippen LogP contribution in [0.3, 0.4) is 0 Å². The summed E-state index contributed by atoms with van der Waals surface area (Å²) in [5.74, 6) is -1.33. The molecule has 5 atom stereocenters. The Kier molecular flexibility index (Phi) is 65.9. The second-order valence-corrected chi connectivity index (χ2v) is 30.1. The first kappa shape index (κ1) is 91.1. The molecular weight excluding hydrogens is 1220 g/mol. The number of aliphatic hydroxyl groups excluding tert-OH is 1. The van der Waals surface area contributed by atoms with Gasteiger partial charge in [0.15, 0.2) is 12.2 Å². The van der Waals surface area contributed by atoms with Crippen LogP contribution in [0.25, 0.3) is 0 Å². The maximum absolute atomic E-state index is 13.1. The first-order chi connectivity index (χ1) is 45.0. The number of ether oxygens (including phenoxy) is 4. The summed E-state index contributed by atoms with van der Waals surface area (Å²) in [6.07, 6.45) is 55.4. The number of esters is 4. The van der Waals surface area contributed by atoms with Crippen LogP contribution in [-0.4, -0.2) is 96.7 Å². The number of aliphatic hydroxyl groups is 1. The fraction of sp³-hybridized carbons (Fsp3) is 0.946. The van der Waals surface area contributed by atoms with E-state index in [9.17, 15) is 43.2 Å². The summed E-state index contributed by atoms with van der Waals surface area (Å²) in [6, 6.07) is 0. The Morgan fingerprint density at radius 2 is 0.495 bits per heavy atom. The molecule has 93 heavy (non-hydrogen) atoms. The van der Waals surface area contributed by atoms with E-state index < -0.39 is 97.5 Å². The first-order valence-electron chi connectivity index (χ1n) is 38.6. The van der Waals surface area contributed by atoms with Crippen LogP contribution in [-0.2, 0) is 65.4 Å². The minimum absolute atomic E-state index is 0.108. The highest BCUT2D eigenvalue weighted by Gasteiger charge is 2.30. The van der Waals surface area contributed by atoms with Gasteiger partial charge in [0, 0.05) is 25.7 Å². The molecule has 0 radical (unpaired) electrons. The van der Waals surface area contributed by atoms with Crippen molar-refractivity contribution < 1.29 is 80.2 Å². The molecule has 0 heterocycles. The fourth-order valence-electron chi connectivity index (χ4n) is 11.4. The molecule has 0 saturated carbocycles. The van der Waals surface area contributed by atoms with Crippen LogP contribution in [0, 0.1) is 5.92 Å². The molecule has 0 bridgehead atoms. The van der Waals surface area contributed by atoms with Crippen molar-refractivity contribution in [3.8, 4) is 0 Å². The third-order valence-electron chi connectivity index (χ3n) is 17.3. The normalized spacial score (nSPS) is 14.0. The van der Waals surface area contributed by atoms with Gasteiger partial charge >= 0.3 is 39.5 Å². The van der Waals surface area contributed by atoms with Gasteiger partial charge < -0.3 is 33.8 Å². The van der Waals surface area contributed by atoms with E-state index in [1.165, 1.54) is 212 Å². The van der Waals surface area contributed by atoms with E-state index in [0.717, 1.165) is 95.8 Å². The maximum Gasteiger partial charge on any atom is 0.472 e. The Balaban J connectivity index is 5.23. The van der Waals surface area contributed by atoms with Crippen molar-refractivity contribution in [1.82, 2.24) is 0 Å². The van der Waals surface area contributed by atoms with Crippen molar-refractivity contribution in [2.24, 2.45) is 5.92 Å². The second kappa shape index (κ2) is 67.3. The number of rotatable bonds is 74. The van der Waals surface area contributed by atoms with Crippen molar-refractivity contribution >= 4 is 39.5 Å². The molecule has 0 aliphatic heterocycles. The van der Waals surface area contributed by atoms with E-state index in [1.807, 2.05) is 0 Å². The third kappa shape index (κ3) is 68.4. The Hall–Kier alpha value is -1.94. The van der Waals surface area contributed by atoms with Crippen molar-refractivity contribution in [3.63, 3.8) is 0 Å². The number of carbonyl (C=O) groups is 4. The van der Waals surface area contributed by atoms with Crippen LogP contribution in [0.1, 0.15) is 388 Å². The van der Waals surface area contributed by atoms with E-state index in [2.05, 4.69) is 34.6 Å². The van der Waals surface area contributed by atoms with Gasteiger partial charge in [0.1, 0.15) is 19.3 Å². The summed E-state index contributed by atoms with van der Waals surface area (Å²) in [5.41, 5.74) is 0. The minimum atomic E-state index is -4.95. The van der Waals surface area contributed by atoms with Gasteiger partial charge in [-0.05, 0) is 31.6 Å². The van der Waals surface area contributed by atoms with E-state index >= 15 is 0 Å². The number of hydrogen-bond donors (Lipinski definition) is 3. The molecule has 0 aromatic heterocycles. The number of carbonyl (C=O) groups excluding carboxylic acids is 4. The lowest BCUT2D eigenvalue weighted by Gasteiger charge is -2.21. The van der Waals surface area contributed by atoms with Crippen LogP contribution in [0.4, 0.5) is 0 Å². The largest absolute Gasteiger partial charge is 0.472 e. The maximum atomic E-state index is 13.1. The molecule has 0 aliphatic carbocycles. The molecular formula is C74H144O17P2. The zero-order chi connectivity index (χ0) is 68.4. The lowest BCUT2D eigenvalue weighted by Crippen LogP contribution is -2.30. The molecule has 0 aromatic rings. The molecule has 0 rings (SSSR count). The standard InChI is InChI=1S/C74H144O17P2/c1-6-9-12-15-18-21-23-25-26-27-28-29-35-40-45-50-55-60-74(79)91-70(64-85-72(77)58-53-48-43-38-34-31-30-32-37-41-46-51-56-67(4)5)66-89-93(82,83)87-62-68(75)61-86-92(80,81)88-65-69(63-84-71(76)57-52-47-42-36-20-17-14-11-8-3)90-73(78)59-54-49-44-39-33-24-22-19-16-13-10-7-2/h67-70,75H,6-66H2,1-5H3,(H,80,81)(H,82,83)/t68-,69+,70+/m0/s1. The summed E-state index contributed by atoms with van der Waals surface area (Å²) >= 11 is 0. The van der Waals surface area contributed by atoms with Gasteiger partial charge in [0.05, 0.1) is 26.4 Å². The molecule has 0 aromatic carbocycles. The number of unbranched alkanes of at least 4 members (excludes halogenated alkanes) is 46. The smallest absolute Gasteiger partial charge is 0.462 e. The molecule has 2 unspecified atom stereocenters. The van der Waals surface area contributed by atoms with Crippen molar-refractivity contribution in [2.75, 3.05) is 39.6 Å². The van der Waals surface area contributed by atoms with Gasteiger partial charge in [0.2, 0.25) is 0 Å². The van der Waals surface area contributed by atoms with Crippen LogP contribution < -0.4 is 0 Å². The Bertz CT molecular complexity index is 1790. The molecule has 0 saturated heterocycles. The van der Waals surface area contributed by atoms with Gasteiger partial charge in [0.25, 0.3) is 0 Å². The lowest BCUT2D eigenvalue weighted by atomic mass is 10.0. The predicted molar refractivity (Wildman–Crippen MR) is 377 cm³/mol. The van der Waals surface area contributed by atoms with Crippen LogP contribution in [0.2, 0.25) is 0 Å². The Morgan fingerprint density at radius 1 is 0.290 bits per heavy atom. The van der Waals surface area contributed by atoms with Crippen LogP contribution >= 0.6 is 15.6 Å². The SMILES string of the molecule is CCCCCCCCCCCCCCCCCCCC(=O)O[C@H](COC(=O)CCCCCCCCCCCCCCC(C)C)COP(=O)(O)OC[C@@H](O)COP(=O)(O)OC[C@@H](COC(=O)CCCCCCCCCCC)OC(=O)CCCCCCCCCCCCCC. The van der Waals surface area contributed by atoms with Gasteiger partial charge in [-0.3, -0.25) is 37.3 Å². The Morgan fingerprint density at radius 3 is 0.731 bits per heavy atom. The zero-order valence-electron chi connectivity index (χ0n) is 60.4. The minimum Gasteiger partial charge on any atom is -0.462 e. The average Bonchev–Trinajstić information content (AvgIpc) is 1.97. The lowest BCUT2D eigenvalue weighted by molar-refractivity contribution is -0.161. The van der Waals surface area contributed by atoms with Gasteiger partial charge in [-0.25, -0.2) is 9.13 Å². The van der Waals surface area contributed by atoms with Crippen molar-refractivity contribution in [1.29, 1.82) is 0 Å². The predicted octanol–water partition coefficient (Wildman–Crippen LogP) is 21.7. The molecule has 3 N–H and O–H groups in total. The summed E-state index contributed by atoms with van der Waals surface area (Å²) in [5, 5.41) is 10.6. The number of phosphoric ester groups is 2. The van der Waals surface area contributed by atoms with Crippen molar-refractivity contribution in [2.45, 2.75) is 406 Å². The highest BCUT2D eigenvalue weighted by atomic mass is 31.2. The molecule has 17 nitrogen and oxygen atoms in total. The summed E-state index contributed by atoms with van der Waals surface area (Å²) in [7, 11) is -9.90. The summed E-state index contributed by atoms with van der Waals surface area (Å²) in [6.45, 7) is 7.28. The zero-order valence-corrected chi connectivity index (χ0v) is 62.2. The molecule has 0 spiro atoms. The molecule has 0 aliphatic rings. The van der Waals surface area contributed by atoms with Gasteiger partial charge in [-0.1, -0.05) is 336 Å². The molecule has 552 valence electrons. The summed E-state index contributed by atoms with van der Waals surface area (Å²) in [4.78, 5) is 72.7. The fourth-order valence-corrected chi connectivity index (χ4v) is 12.9.